The number of nitro groups is 1. The fraction of sp³-hybridized carbons (Fsp3) is 0.200. The van der Waals surface area contributed by atoms with Gasteiger partial charge in [0.15, 0.2) is 0 Å². The Morgan fingerprint density at radius 3 is 2.26 bits per heavy atom. The molecular weight excluding hydrogens is 318 g/mol. The number of nitrogens with one attached hydrogen (secondary N) is 1. The van der Waals surface area contributed by atoms with Crippen LogP contribution in [0.2, 0.25) is 0 Å². The van der Waals surface area contributed by atoms with Crippen LogP contribution in [0.15, 0.2) is 30.3 Å². The first kappa shape index (κ1) is 16.0. The van der Waals surface area contributed by atoms with Gasteiger partial charge < -0.3 is 5.11 Å². The molecule has 0 heterocycles. The molecule has 0 radical (unpaired) electrons. The van der Waals surface area contributed by atoms with E-state index in [1.165, 1.54) is 24.3 Å². The first-order chi connectivity index (χ1) is 8.75. The van der Waals surface area contributed by atoms with E-state index in [1.807, 2.05) is 5.48 Å². The van der Waals surface area contributed by atoms with E-state index < -0.39 is 14.8 Å². The predicted octanol–water partition coefficient (Wildman–Crippen LogP) is 2.65. The molecule has 0 spiro atoms. The first-order valence-corrected chi connectivity index (χ1v) is 6.00. The Bertz CT molecular complexity index is 485. The Hall–Kier alpha value is -1.05. The van der Waals surface area contributed by atoms with E-state index in [-0.39, 0.29) is 11.4 Å². The van der Waals surface area contributed by atoms with Gasteiger partial charge >= 0.3 is 0 Å². The summed E-state index contributed by atoms with van der Waals surface area (Å²) in [5.41, 5.74) is 2.14. The van der Waals surface area contributed by atoms with Crippen LogP contribution in [0.3, 0.4) is 0 Å². The molecule has 0 saturated heterocycles. The highest BCUT2D eigenvalue weighted by molar-refractivity contribution is 6.68. The van der Waals surface area contributed by atoms with Crippen molar-refractivity contribution in [2.24, 2.45) is 0 Å². The summed E-state index contributed by atoms with van der Waals surface area (Å²) in [6.07, 6.45) is -0.393. The fourth-order valence-electron chi connectivity index (χ4n) is 1.21. The zero-order valence-corrected chi connectivity index (χ0v) is 11.5. The molecule has 1 rings (SSSR count). The second kappa shape index (κ2) is 6.40. The number of alkyl halides is 3. The van der Waals surface area contributed by atoms with Gasteiger partial charge in [-0.15, -0.1) is 0 Å². The summed E-state index contributed by atoms with van der Waals surface area (Å²) in [6, 6.07) is 5.22. The van der Waals surface area contributed by atoms with E-state index in [4.69, 9.17) is 40.0 Å². The maximum absolute atomic E-state index is 10.5. The molecular formula is C10H9Cl3N2O4. The summed E-state index contributed by atoms with van der Waals surface area (Å²) in [7, 11) is 0. The van der Waals surface area contributed by atoms with E-state index in [1.54, 1.807) is 0 Å². The standard InChI is InChI=1S/C10H9Cl3N2O4/c11-10(12,13)9(16)5-8(14-17)6-1-3-7(4-2-6)15(18)19/h1-5,9,14,16-17H. The van der Waals surface area contributed by atoms with Gasteiger partial charge in [0.05, 0.1) is 10.6 Å². The quantitative estimate of drug-likeness (QED) is 0.449. The third-order valence-corrected chi connectivity index (χ3v) is 2.84. The van der Waals surface area contributed by atoms with Crippen molar-refractivity contribution in [3.05, 3.63) is 46.0 Å². The summed E-state index contributed by atoms with van der Waals surface area (Å²) < 4.78 is -1.96. The molecule has 6 nitrogen and oxygen atoms in total. The molecule has 1 atom stereocenters. The van der Waals surface area contributed by atoms with Crippen molar-refractivity contribution < 1.29 is 15.2 Å². The summed E-state index contributed by atoms with van der Waals surface area (Å²) >= 11 is 16.4. The van der Waals surface area contributed by atoms with Gasteiger partial charge in [-0.05, 0) is 18.2 Å². The number of hydrogen-bond donors (Lipinski definition) is 3. The number of non-ortho nitro benzene ring substituents is 1. The highest BCUT2D eigenvalue weighted by atomic mass is 35.6. The summed E-state index contributed by atoms with van der Waals surface area (Å²) in [5.74, 6) is 0. The van der Waals surface area contributed by atoms with Gasteiger partial charge in [-0.25, -0.2) is 0 Å². The smallest absolute Gasteiger partial charge is 0.269 e. The number of aliphatic hydroxyl groups is 1. The second-order valence-electron chi connectivity index (χ2n) is 3.48. The minimum Gasteiger partial charge on any atom is -0.384 e. The molecule has 9 heteroatoms. The van der Waals surface area contributed by atoms with Gasteiger partial charge in [-0.1, -0.05) is 34.8 Å². The predicted molar refractivity (Wildman–Crippen MR) is 72.3 cm³/mol. The monoisotopic (exact) mass is 326 g/mol. The fourth-order valence-corrected chi connectivity index (χ4v) is 1.40. The van der Waals surface area contributed by atoms with E-state index in [0.29, 0.717) is 5.56 Å². The van der Waals surface area contributed by atoms with Crippen molar-refractivity contribution in [1.82, 2.24) is 5.48 Å². The number of halogens is 3. The Balaban J connectivity index is 3.03. The van der Waals surface area contributed by atoms with Crippen LogP contribution in [0, 0.1) is 10.1 Å². The molecule has 1 aromatic rings. The van der Waals surface area contributed by atoms with Gasteiger partial charge in [0.2, 0.25) is 3.79 Å². The lowest BCUT2D eigenvalue weighted by molar-refractivity contribution is -0.384. The molecule has 0 saturated carbocycles. The Morgan fingerprint density at radius 1 is 1.37 bits per heavy atom. The summed E-state index contributed by atoms with van der Waals surface area (Å²) in [4.78, 5) is 9.93. The number of hydrogen-bond acceptors (Lipinski definition) is 5. The van der Waals surface area contributed by atoms with Crippen LogP contribution in [0.5, 0.6) is 0 Å². The molecule has 104 valence electrons. The number of nitrogens with zero attached hydrogens (tertiary/aromatic N) is 1. The average Bonchev–Trinajstić information content (AvgIpc) is 2.34. The SMILES string of the molecule is O=[N+]([O-])c1ccc(C(=CC(O)C(Cl)(Cl)Cl)NO)cc1. The number of nitro benzene ring substituents is 1. The minimum atomic E-state index is -1.96. The van der Waals surface area contributed by atoms with Crippen molar-refractivity contribution in [2.45, 2.75) is 9.90 Å². The van der Waals surface area contributed by atoms with Crippen LogP contribution in [0.25, 0.3) is 5.70 Å². The van der Waals surface area contributed by atoms with E-state index in [9.17, 15) is 15.2 Å². The molecule has 3 N–H and O–H groups in total. The van der Waals surface area contributed by atoms with Crippen LogP contribution in [0.4, 0.5) is 5.69 Å². The van der Waals surface area contributed by atoms with Crippen molar-refractivity contribution in [2.75, 3.05) is 0 Å². The summed E-state index contributed by atoms with van der Waals surface area (Å²) in [6.45, 7) is 0. The molecule has 1 unspecified atom stereocenters. The maximum atomic E-state index is 10.5. The van der Waals surface area contributed by atoms with Crippen molar-refractivity contribution >= 4 is 46.2 Å². The van der Waals surface area contributed by atoms with Crippen LogP contribution in [-0.4, -0.2) is 25.1 Å². The van der Waals surface area contributed by atoms with Gasteiger partial charge in [0.25, 0.3) is 5.69 Å². The van der Waals surface area contributed by atoms with Crippen LogP contribution in [0.1, 0.15) is 5.56 Å². The van der Waals surface area contributed by atoms with Crippen LogP contribution < -0.4 is 5.48 Å². The molecule has 0 fully saturated rings. The maximum Gasteiger partial charge on any atom is 0.269 e. The van der Waals surface area contributed by atoms with Gasteiger partial charge in [-0.2, -0.15) is 0 Å². The highest BCUT2D eigenvalue weighted by Crippen LogP contribution is 2.32. The molecule has 0 aliphatic heterocycles. The molecule has 1 aromatic carbocycles. The molecule has 0 amide bonds. The van der Waals surface area contributed by atoms with E-state index in [2.05, 4.69) is 0 Å². The molecule has 0 bridgehead atoms. The van der Waals surface area contributed by atoms with Gasteiger partial charge in [0.1, 0.15) is 6.10 Å². The largest absolute Gasteiger partial charge is 0.384 e. The summed E-state index contributed by atoms with van der Waals surface area (Å²) in [5, 5.41) is 29.0. The van der Waals surface area contributed by atoms with Crippen molar-refractivity contribution in [3.63, 3.8) is 0 Å². The zero-order valence-electron chi connectivity index (χ0n) is 9.26. The second-order valence-corrected chi connectivity index (χ2v) is 5.85. The lowest BCUT2D eigenvalue weighted by Crippen LogP contribution is -2.24. The third kappa shape index (κ3) is 4.52. The molecule has 0 aliphatic carbocycles. The average molecular weight is 328 g/mol. The number of hydroxylamine groups is 1. The lowest BCUT2D eigenvalue weighted by atomic mass is 10.1. The van der Waals surface area contributed by atoms with Gasteiger partial charge in [-0.3, -0.25) is 20.8 Å². The molecule has 19 heavy (non-hydrogen) atoms. The van der Waals surface area contributed by atoms with Crippen molar-refractivity contribution in [1.29, 1.82) is 0 Å². The topological polar surface area (TPSA) is 95.6 Å². The van der Waals surface area contributed by atoms with Crippen LogP contribution >= 0.6 is 34.8 Å². The first-order valence-electron chi connectivity index (χ1n) is 4.87. The molecule has 0 aliphatic rings. The Labute approximate surface area is 123 Å². The van der Waals surface area contributed by atoms with E-state index in [0.717, 1.165) is 6.08 Å². The third-order valence-electron chi connectivity index (χ3n) is 2.17. The molecule has 0 aromatic heterocycles. The normalized spacial score (nSPS) is 14.1. The van der Waals surface area contributed by atoms with Crippen molar-refractivity contribution in [3.8, 4) is 0 Å². The number of benzene rings is 1. The van der Waals surface area contributed by atoms with Crippen LogP contribution in [-0.2, 0) is 0 Å². The lowest BCUT2D eigenvalue weighted by Gasteiger charge is -2.17. The zero-order chi connectivity index (χ0) is 14.6. The Kier molecular flexibility index (Phi) is 5.39. The number of rotatable bonds is 4. The highest BCUT2D eigenvalue weighted by Gasteiger charge is 2.29. The Morgan fingerprint density at radius 2 is 1.89 bits per heavy atom. The number of aliphatic hydroxyl groups excluding tert-OH is 1. The van der Waals surface area contributed by atoms with E-state index >= 15 is 0 Å². The van der Waals surface area contributed by atoms with Gasteiger partial charge in [0, 0.05) is 17.7 Å². The minimum absolute atomic E-state index is 0.0497.